The second kappa shape index (κ2) is 5.18. The molecule has 1 aromatic rings. The van der Waals surface area contributed by atoms with Crippen molar-refractivity contribution in [2.45, 2.75) is 70.3 Å². The minimum Gasteiger partial charge on any atom is -0.272 e. The minimum absolute atomic E-state index is 0.0320. The first-order valence-electron chi connectivity index (χ1n) is 10.0. The van der Waals surface area contributed by atoms with Crippen molar-refractivity contribution in [3.63, 3.8) is 0 Å². The van der Waals surface area contributed by atoms with E-state index in [0.29, 0.717) is 11.1 Å². The topological polar surface area (TPSA) is 37.4 Å². The first-order valence-corrected chi connectivity index (χ1v) is 10.0. The van der Waals surface area contributed by atoms with Gasteiger partial charge in [-0.1, -0.05) is 13.0 Å². The SMILES string of the molecule is CC[C@@H](C)N1C(=O)c2ccc(C34CC5CC(CC(C5)C3)C4)cc2C1=O. The largest absolute Gasteiger partial charge is 0.272 e. The maximum atomic E-state index is 12.9. The van der Waals surface area contributed by atoms with Crippen LogP contribution in [0.5, 0.6) is 0 Å². The normalized spacial score (nSPS) is 36.9. The summed E-state index contributed by atoms with van der Waals surface area (Å²) in [5, 5.41) is 0. The molecule has 0 spiro atoms. The molecule has 25 heavy (non-hydrogen) atoms. The average Bonchev–Trinajstić information content (AvgIpc) is 2.84. The molecule has 0 N–H and O–H groups in total. The molecule has 1 aliphatic heterocycles. The number of rotatable bonds is 3. The van der Waals surface area contributed by atoms with Crippen molar-refractivity contribution in [3.05, 3.63) is 34.9 Å². The van der Waals surface area contributed by atoms with Crippen molar-refractivity contribution >= 4 is 11.8 Å². The molecular weight excluding hydrogens is 310 g/mol. The molecule has 0 radical (unpaired) electrons. The summed E-state index contributed by atoms with van der Waals surface area (Å²) in [5.74, 6) is 2.46. The van der Waals surface area contributed by atoms with Crippen LogP contribution >= 0.6 is 0 Å². The van der Waals surface area contributed by atoms with Gasteiger partial charge in [0.1, 0.15) is 0 Å². The lowest BCUT2D eigenvalue weighted by atomic mass is 9.48. The Labute approximate surface area is 149 Å². The van der Waals surface area contributed by atoms with Gasteiger partial charge in [-0.2, -0.15) is 0 Å². The lowest BCUT2D eigenvalue weighted by molar-refractivity contribution is -0.00520. The van der Waals surface area contributed by atoms with E-state index >= 15 is 0 Å². The van der Waals surface area contributed by atoms with Crippen molar-refractivity contribution in [1.29, 1.82) is 0 Å². The van der Waals surface area contributed by atoms with Gasteiger partial charge in [0, 0.05) is 6.04 Å². The Kier molecular flexibility index (Phi) is 3.24. The number of carbonyl (C=O) groups is 2. The first kappa shape index (κ1) is 15.6. The smallest absolute Gasteiger partial charge is 0.261 e. The predicted molar refractivity (Wildman–Crippen MR) is 96.5 cm³/mol. The Hall–Kier alpha value is -1.64. The summed E-state index contributed by atoms with van der Waals surface area (Å²) in [5.41, 5.74) is 2.87. The molecule has 1 atom stereocenters. The Morgan fingerprint density at radius 2 is 1.56 bits per heavy atom. The van der Waals surface area contributed by atoms with E-state index in [9.17, 15) is 9.59 Å². The minimum atomic E-state index is -0.105. The van der Waals surface area contributed by atoms with Gasteiger partial charge in [0.2, 0.25) is 0 Å². The summed E-state index contributed by atoms with van der Waals surface area (Å²) in [6.45, 7) is 3.98. The number of amides is 2. The number of fused-ring (bicyclic) bond motifs is 1. The van der Waals surface area contributed by atoms with Crippen LogP contribution in [0.15, 0.2) is 18.2 Å². The fourth-order valence-electron chi connectivity index (χ4n) is 6.64. The number of benzene rings is 1. The van der Waals surface area contributed by atoms with Crippen LogP contribution in [-0.4, -0.2) is 22.8 Å². The van der Waals surface area contributed by atoms with Crippen LogP contribution in [0.1, 0.15) is 85.1 Å². The summed E-state index contributed by atoms with van der Waals surface area (Å²) in [6.07, 6.45) is 8.92. The van der Waals surface area contributed by atoms with Crippen LogP contribution < -0.4 is 0 Å². The van der Waals surface area contributed by atoms with Gasteiger partial charge >= 0.3 is 0 Å². The van der Waals surface area contributed by atoms with Gasteiger partial charge in [0.15, 0.2) is 0 Å². The molecule has 4 bridgehead atoms. The molecule has 3 heteroatoms. The fraction of sp³-hybridized carbons (Fsp3) is 0.636. The Morgan fingerprint density at radius 3 is 2.12 bits per heavy atom. The molecule has 3 nitrogen and oxygen atoms in total. The van der Waals surface area contributed by atoms with Crippen LogP contribution in [0.25, 0.3) is 0 Å². The van der Waals surface area contributed by atoms with E-state index in [2.05, 4.69) is 12.1 Å². The Bertz CT molecular complexity index is 730. The molecule has 0 unspecified atom stereocenters. The molecule has 2 amide bonds. The molecular formula is C22H27NO2. The third-order valence-corrected chi connectivity index (χ3v) is 7.60. The highest BCUT2D eigenvalue weighted by Gasteiger charge is 2.52. The zero-order chi connectivity index (χ0) is 17.3. The van der Waals surface area contributed by atoms with E-state index < -0.39 is 0 Å². The van der Waals surface area contributed by atoms with Crippen LogP contribution in [0, 0.1) is 17.8 Å². The third kappa shape index (κ3) is 2.10. The zero-order valence-corrected chi connectivity index (χ0v) is 15.3. The van der Waals surface area contributed by atoms with Crippen LogP contribution in [0.4, 0.5) is 0 Å². The van der Waals surface area contributed by atoms with Crippen LogP contribution in [-0.2, 0) is 5.41 Å². The Balaban J connectivity index is 1.54. The lowest BCUT2D eigenvalue weighted by Gasteiger charge is -2.57. The molecule has 4 fully saturated rings. The fourth-order valence-corrected chi connectivity index (χ4v) is 6.64. The van der Waals surface area contributed by atoms with Gasteiger partial charge in [0.05, 0.1) is 11.1 Å². The second-order valence-corrected chi connectivity index (χ2v) is 9.20. The van der Waals surface area contributed by atoms with Crippen molar-refractivity contribution in [2.75, 3.05) is 0 Å². The van der Waals surface area contributed by atoms with Crippen molar-refractivity contribution in [3.8, 4) is 0 Å². The van der Waals surface area contributed by atoms with E-state index in [0.717, 1.165) is 24.2 Å². The lowest BCUT2D eigenvalue weighted by Crippen LogP contribution is -2.48. The van der Waals surface area contributed by atoms with Crippen LogP contribution in [0.3, 0.4) is 0 Å². The number of carbonyl (C=O) groups excluding carboxylic acids is 2. The number of hydrogen-bond donors (Lipinski definition) is 0. The predicted octanol–water partition coefficient (Wildman–Crippen LogP) is 4.55. The maximum Gasteiger partial charge on any atom is 0.261 e. The van der Waals surface area contributed by atoms with Crippen molar-refractivity contribution in [1.82, 2.24) is 4.90 Å². The Morgan fingerprint density at radius 1 is 1.00 bits per heavy atom. The summed E-state index contributed by atoms with van der Waals surface area (Å²) in [4.78, 5) is 27.0. The number of nitrogens with zero attached hydrogens (tertiary/aromatic N) is 1. The monoisotopic (exact) mass is 337 g/mol. The van der Waals surface area contributed by atoms with E-state index in [1.165, 1.54) is 49.0 Å². The summed E-state index contributed by atoms with van der Waals surface area (Å²) >= 11 is 0. The van der Waals surface area contributed by atoms with Gasteiger partial charge in [-0.25, -0.2) is 0 Å². The summed E-state index contributed by atoms with van der Waals surface area (Å²) in [7, 11) is 0. The molecule has 1 aromatic carbocycles. The van der Waals surface area contributed by atoms with E-state index in [-0.39, 0.29) is 23.3 Å². The van der Waals surface area contributed by atoms with Gasteiger partial charge in [0.25, 0.3) is 11.8 Å². The quantitative estimate of drug-likeness (QED) is 0.759. The highest BCUT2D eigenvalue weighted by atomic mass is 16.2. The van der Waals surface area contributed by atoms with Crippen molar-refractivity contribution in [2.24, 2.45) is 17.8 Å². The van der Waals surface area contributed by atoms with E-state index in [4.69, 9.17) is 0 Å². The molecule has 4 aliphatic carbocycles. The maximum absolute atomic E-state index is 12.9. The summed E-state index contributed by atoms with van der Waals surface area (Å²) in [6, 6.07) is 6.16. The standard InChI is InChI=1S/C22H27NO2/c1-3-13(2)23-20(24)18-5-4-17(9-19(18)21(23)25)22-10-14-6-15(11-22)8-16(7-14)12-22/h4-5,9,13-16H,3,6-8,10-12H2,1-2H3/t13-,14?,15?,16?,22?/m1/s1. The first-order chi connectivity index (χ1) is 12.0. The molecule has 1 heterocycles. The van der Waals surface area contributed by atoms with Gasteiger partial charge in [-0.3, -0.25) is 14.5 Å². The molecule has 5 aliphatic rings. The highest BCUT2D eigenvalue weighted by Crippen LogP contribution is 2.60. The third-order valence-electron chi connectivity index (χ3n) is 7.60. The van der Waals surface area contributed by atoms with Crippen molar-refractivity contribution < 1.29 is 9.59 Å². The second-order valence-electron chi connectivity index (χ2n) is 9.20. The molecule has 132 valence electrons. The van der Waals surface area contributed by atoms with E-state index in [1.54, 1.807) is 0 Å². The van der Waals surface area contributed by atoms with Gasteiger partial charge in [-0.15, -0.1) is 0 Å². The van der Waals surface area contributed by atoms with E-state index in [1.807, 2.05) is 19.9 Å². The number of hydrogen-bond acceptors (Lipinski definition) is 2. The number of imide groups is 1. The summed E-state index contributed by atoms with van der Waals surface area (Å²) < 4.78 is 0. The zero-order valence-electron chi connectivity index (χ0n) is 15.3. The molecule has 4 saturated carbocycles. The van der Waals surface area contributed by atoms with Gasteiger partial charge in [-0.05, 0) is 92.7 Å². The molecule has 6 rings (SSSR count). The molecule has 0 saturated heterocycles. The highest BCUT2D eigenvalue weighted by molar-refractivity contribution is 6.21. The van der Waals surface area contributed by atoms with Crippen LogP contribution in [0.2, 0.25) is 0 Å². The average molecular weight is 337 g/mol. The van der Waals surface area contributed by atoms with Gasteiger partial charge < -0.3 is 0 Å². The molecule has 0 aromatic heterocycles.